The highest BCUT2D eigenvalue weighted by molar-refractivity contribution is 6.31. The van der Waals surface area contributed by atoms with Gasteiger partial charge in [0.1, 0.15) is 16.9 Å². The number of Topliss-reactive ketones (excluding diaryl/α,β-unsaturated/α-hetero) is 1. The lowest BCUT2D eigenvalue weighted by atomic mass is 10.0. The highest BCUT2D eigenvalue weighted by atomic mass is 35.5. The minimum Gasteiger partial charge on any atom is -0.454 e. The monoisotopic (exact) mass is 402 g/mol. The van der Waals surface area contributed by atoms with Gasteiger partial charge in [-0.1, -0.05) is 11.6 Å². The zero-order valence-corrected chi connectivity index (χ0v) is 15.8. The number of carbonyl (C=O) groups excluding carboxylic acids is 2. The number of ketones is 1. The first-order chi connectivity index (χ1) is 13.2. The predicted molar refractivity (Wildman–Crippen MR) is 101 cm³/mol. The van der Waals surface area contributed by atoms with E-state index in [4.69, 9.17) is 27.0 Å². The second kappa shape index (κ2) is 9.06. The Hall–Kier alpha value is -3.31. The molecule has 0 saturated heterocycles. The molecule has 0 bridgehead atoms. The Kier molecular flexibility index (Phi) is 6.79. The quantitative estimate of drug-likeness (QED) is 0.434. The van der Waals surface area contributed by atoms with Crippen LogP contribution in [-0.2, 0) is 14.3 Å². The third kappa shape index (κ3) is 4.90. The van der Waals surface area contributed by atoms with Gasteiger partial charge in [0, 0.05) is 17.4 Å². The second-order valence-corrected chi connectivity index (χ2v) is 6.19. The molecule has 7 nitrogen and oxygen atoms in total. The van der Waals surface area contributed by atoms with Gasteiger partial charge in [-0.05, 0) is 44.2 Å². The van der Waals surface area contributed by atoms with E-state index in [2.05, 4.69) is 5.10 Å². The number of rotatable bonds is 7. The van der Waals surface area contributed by atoms with Crippen molar-refractivity contribution in [1.82, 2.24) is 9.78 Å². The molecule has 0 spiro atoms. The number of esters is 1. The molecular weight excluding hydrogens is 387 g/mol. The number of halogens is 2. The normalized spacial score (nSPS) is 11.8. The van der Waals surface area contributed by atoms with E-state index in [1.54, 1.807) is 13.0 Å². The Bertz CT molecular complexity index is 990. The summed E-state index contributed by atoms with van der Waals surface area (Å²) in [5.74, 6) is -3.10. The van der Waals surface area contributed by atoms with Gasteiger partial charge in [-0.3, -0.25) is 4.79 Å². The molecule has 9 heteroatoms. The van der Waals surface area contributed by atoms with Crippen molar-refractivity contribution in [3.8, 4) is 11.8 Å². The molecule has 0 saturated carbocycles. The summed E-state index contributed by atoms with van der Waals surface area (Å²) in [6.07, 6.45) is 2.47. The summed E-state index contributed by atoms with van der Waals surface area (Å²) in [6, 6.07) is 7.26. The van der Waals surface area contributed by atoms with Gasteiger partial charge >= 0.3 is 5.97 Å². The van der Waals surface area contributed by atoms with Crippen LogP contribution in [0.4, 0.5) is 4.39 Å². The van der Waals surface area contributed by atoms with E-state index in [9.17, 15) is 14.0 Å². The van der Waals surface area contributed by atoms with Crippen molar-refractivity contribution in [2.45, 2.75) is 13.8 Å². The van der Waals surface area contributed by atoms with E-state index in [-0.39, 0.29) is 10.9 Å². The molecule has 28 heavy (non-hydrogen) atoms. The molecule has 0 fully saturated rings. The fraction of sp³-hybridized carbons (Fsp3) is 0.211. The Balaban J connectivity index is 2.09. The molecule has 2 rings (SSSR count). The summed E-state index contributed by atoms with van der Waals surface area (Å²) in [6.45, 7) is 2.40. The minimum absolute atomic E-state index is 0.116. The third-order valence-electron chi connectivity index (χ3n) is 3.75. The van der Waals surface area contributed by atoms with Crippen molar-refractivity contribution in [3.63, 3.8) is 0 Å². The van der Waals surface area contributed by atoms with Crippen molar-refractivity contribution in [1.29, 1.82) is 10.7 Å². The molecule has 1 N–H and O–H groups in total. The number of hydrogen-bond donors (Lipinski definition) is 1. The maximum atomic E-state index is 13.1. The molecule has 1 aromatic heterocycles. The summed E-state index contributed by atoms with van der Waals surface area (Å²) in [4.78, 5) is 23.6. The number of aromatic nitrogens is 2. The smallest absolute Gasteiger partial charge is 0.331 e. The van der Waals surface area contributed by atoms with E-state index in [0.29, 0.717) is 16.9 Å². The topological polar surface area (TPSA) is 109 Å². The molecule has 0 radical (unpaired) electrons. The second-order valence-electron chi connectivity index (χ2n) is 5.83. The highest BCUT2D eigenvalue weighted by Crippen LogP contribution is 2.24. The number of carbonyl (C=O) groups is 2. The van der Waals surface area contributed by atoms with Crippen LogP contribution >= 0.6 is 11.6 Å². The lowest BCUT2D eigenvalue weighted by molar-refractivity contribution is -0.143. The lowest BCUT2D eigenvalue weighted by Gasteiger charge is -2.06. The van der Waals surface area contributed by atoms with Gasteiger partial charge in [-0.15, -0.1) is 0 Å². The number of nitrogens with zero attached hydrogens (tertiary/aromatic N) is 3. The van der Waals surface area contributed by atoms with Crippen molar-refractivity contribution >= 4 is 35.1 Å². The zero-order chi connectivity index (χ0) is 20.8. The first-order valence-electron chi connectivity index (χ1n) is 8.08. The Labute approximate surface area is 165 Å². The van der Waals surface area contributed by atoms with Crippen molar-refractivity contribution in [2.24, 2.45) is 5.92 Å². The number of nitrogens with one attached hydrogen (secondary N) is 1. The van der Waals surface area contributed by atoms with E-state index in [0.717, 1.165) is 6.08 Å². The van der Waals surface area contributed by atoms with Gasteiger partial charge in [-0.25, -0.2) is 13.9 Å². The van der Waals surface area contributed by atoms with E-state index in [1.165, 1.54) is 41.9 Å². The summed E-state index contributed by atoms with van der Waals surface area (Å²) < 4.78 is 19.3. The average Bonchev–Trinajstić information content (AvgIpc) is 2.93. The SMILES string of the molecule is CC(=N)[C@H](C#N)C(=O)COC(=O)/C=C/c1c(C)nn(-c2ccc(F)cc2)c1Cl. The summed E-state index contributed by atoms with van der Waals surface area (Å²) >= 11 is 6.30. The zero-order valence-electron chi connectivity index (χ0n) is 15.1. The van der Waals surface area contributed by atoms with Crippen LogP contribution in [0.2, 0.25) is 5.15 Å². The molecule has 0 aliphatic heterocycles. The molecule has 0 amide bonds. The summed E-state index contributed by atoms with van der Waals surface area (Å²) in [7, 11) is 0. The van der Waals surface area contributed by atoms with Gasteiger partial charge < -0.3 is 10.1 Å². The minimum atomic E-state index is -1.23. The Morgan fingerprint density at radius 1 is 1.43 bits per heavy atom. The van der Waals surface area contributed by atoms with E-state index >= 15 is 0 Å². The van der Waals surface area contributed by atoms with Gasteiger partial charge in [0.15, 0.2) is 12.4 Å². The first kappa shape index (κ1) is 21.0. The van der Waals surface area contributed by atoms with Crippen LogP contribution in [-0.4, -0.2) is 33.9 Å². The largest absolute Gasteiger partial charge is 0.454 e. The fourth-order valence-corrected chi connectivity index (χ4v) is 2.62. The molecule has 2 aromatic rings. The van der Waals surface area contributed by atoms with Crippen molar-refractivity contribution in [2.75, 3.05) is 6.61 Å². The average molecular weight is 403 g/mol. The van der Waals surface area contributed by atoms with Crippen molar-refractivity contribution < 1.29 is 18.7 Å². The Morgan fingerprint density at radius 3 is 2.64 bits per heavy atom. The maximum Gasteiger partial charge on any atom is 0.331 e. The first-order valence-corrected chi connectivity index (χ1v) is 8.45. The van der Waals surface area contributed by atoms with Gasteiger partial charge in [0.05, 0.1) is 17.5 Å². The van der Waals surface area contributed by atoms with Gasteiger partial charge in [-0.2, -0.15) is 10.4 Å². The third-order valence-corrected chi connectivity index (χ3v) is 4.11. The van der Waals surface area contributed by atoms with Crippen LogP contribution in [0.25, 0.3) is 11.8 Å². The summed E-state index contributed by atoms with van der Waals surface area (Å²) in [5, 5.41) is 20.7. The van der Waals surface area contributed by atoms with Crippen LogP contribution in [0.15, 0.2) is 30.3 Å². The number of nitriles is 1. The molecule has 0 unspecified atom stereocenters. The number of aryl methyl sites for hydroxylation is 1. The molecule has 1 heterocycles. The van der Waals surface area contributed by atoms with Crippen LogP contribution in [0.3, 0.4) is 0 Å². The number of hydrogen-bond acceptors (Lipinski definition) is 6. The Morgan fingerprint density at radius 2 is 2.07 bits per heavy atom. The lowest BCUT2D eigenvalue weighted by Crippen LogP contribution is -2.25. The van der Waals surface area contributed by atoms with E-state index < -0.39 is 30.1 Å². The van der Waals surface area contributed by atoms with Crippen LogP contribution in [0.1, 0.15) is 18.2 Å². The molecular formula is C19H16ClFN4O3. The maximum absolute atomic E-state index is 13.1. The van der Waals surface area contributed by atoms with Gasteiger partial charge in [0.25, 0.3) is 0 Å². The number of ether oxygens (including phenoxy) is 1. The van der Waals surface area contributed by atoms with Crippen LogP contribution < -0.4 is 0 Å². The molecule has 1 atom stereocenters. The molecule has 0 aliphatic carbocycles. The molecule has 1 aromatic carbocycles. The number of benzene rings is 1. The predicted octanol–water partition coefficient (Wildman–Crippen LogP) is 3.28. The summed E-state index contributed by atoms with van der Waals surface area (Å²) in [5.41, 5.74) is 1.42. The molecule has 0 aliphatic rings. The van der Waals surface area contributed by atoms with Crippen molar-refractivity contribution in [3.05, 3.63) is 52.6 Å². The highest BCUT2D eigenvalue weighted by Gasteiger charge is 2.21. The standard InChI is InChI=1S/C19H16ClFN4O3/c1-11(23)16(9-22)17(26)10-28-18(27)8-7-15-12(2)24-25(19(15)20)14-5-3-13(21)4-6-14/h3-8,16,23H,10H2,1-2H3/b8-7+,23-11?/t16-/m0/s1. The molecule has 144 valence electrons. The van der Waals surface area contributed by atoms with Crippen LogP contribution in [0.5, 0.6) is 0 Å². The fourth-order valence-electron chi connectivity index (χ4n) is 2.29. The van der Waals surface area contributed by atoms with Crippen LogP contribution in [0, 0.1) is 35.4 Å². The van der Waals surface area contributed by atoms with Gasteiger partial charge in [0.2, 0.25) is 0 Å². The van der Waals surface area contributed by atoms with E-state index in [1.807, 2.05) is 0 Å².